The second kappa shape index (κ2) is 7.41. The van der Waals surface area contributed by atoms with Gasteiger partial charge in [0.15, 0.2) is 11.0 Å². The summed E-state index contributed by atoms with van der Waals surface area (Å²) in [4.78, 5) is 11.9. The molecule has 124 valence electrons. The molecule has 0 saturated heterocycles. The quantitative estimate of drug-likeness (QED) is 0.671. The maximum Gasteiger partial charge on any atom is 0.236 e. The van der Waals surface area contributed by atoms with Crippen LogP contribution in [0.15, 0.2) is 34.9 Å². The van der Waals surface area contributed by atoms with Gasteiger partial charge in [-0.15, -0.1) is 20.4 Å². The highest BCUT2D eigenvalue weighted by atomic mass is 32.2. The molecule has 24 heavy (non-hydrogen) atoms. The van der Waals surface area contributed by atoms with Crippen molar-refractivity contribution in [1.82, 2.24) is 25.0 Å². The van der Waals surface area contributed by atoms with E-state index in [0.29, 0.717) is 16.1 Å². The number of nitrogens with zero attached hydrogens (tertiary/aromatic N) is 5. The maximum absolute atomic E-state index is 11.9. The minimum Gasteiger partial charge on any atom is -0.497 e. The molecule has 0 spiro atoms. The SMILES string of the molecule is COc1cccc(-c2nnc(SCC(=O)Nc3nncs3)n2C)c1. The smallest absolute Gasteiger partial charge is 0.236 e. The third-order valence-electron chi connectivity index (χ3n) is 3.10. The number of carbonyl (C=O) groups excluding carboxylic acids is 1. The summed E-state index contributed by atoms with van der Waals surface area (Å²) in [5.41, 5.74) is 2.46. The van der Waals surface area contributed by atoms with Crippen LogP contribution in [0, 0.1) is 0 Å². The van der Waals surface area contributed by atoms with Crippen LogP contribution in [-0.4, -0.2) is 43.7 Å². The second-order valence-electron chi connectivity index (χ2n) is 4.68. The van der Waals surface area contributed by atoms with E-state index in [9.17, 15) is 4.79 Å². The van der Waals surface area contributed by atoms with Crippen molar-refractivity contribution < 1.29 is 9.53 Å². The number of anilines is 1. The van der Waals surface area contributed by atoms with Gasteiger partial charge in [0, 0.05) is 12.6 Å². The van der Waals surface area contributed by atoms with E-state index < -0.39 is 0 Å². The molecule has 2 heterocycles. The molecule has 10 heteroatoms. The molecule has 0 bridgehead atoms. The summed E-state index contributed by atoms with van der Waals surface area (Å²) in [6, 6.07) is 7.59. The van der Waals surface area contributed by atoms with E-state index in [1.54, 1.807) is 12.6 Å². The molecule has 0 aliphatic rings. The summed E-state index contributed by atoms with van der Waals surface area (Å²) in [5, 5.41) is 19.6. The number of benzene rings is 1. The maximum atomic E-state index is 11.9. The molecule has 0 radical (unpaired) electrons. The lowest BCUT2D eigenvalue weighted by Gasteiger charge is -2.05. The molecule has 1 amide bonds. The van der Waals surface area contributed by atoms with Gasteiger partial charge in [-0.2, -0.15) is 0 Å². The van der Waals surface area contributed by atoms with Crippen molar-refractivity contribution in [2.45, 2.75) is 5.16 Å². The molecule has 0 atom stereocenters. The van der Waals surface area contributed by atoms with Crippen LogP contribution in [-0.2, 0) is 11.8 Å². The van der Waals surface area contributed by atoms with E-state index in [-0.39, 0.29) is 11.7 Å². The van der Waals surface area contributed by atoms with Crippen LogP contribution in [0.1, 0.15) is 0 Å². The Hall–Kier alpha value is -2.46. The fourth-order valence-electron chi connectivity index (χ4n) is 1.97. The molecule has 3 aromatic rings. The summed E-state index contributed by atoms with van der Waals surface area (Å²) in [6.45, 7) is 0. The van der Waals surface area contributed by atoms with Crippen molar-refractivity contribution in [2.24, 2.45) is 7.05 Å². The highest BCUT2D eigenvalue weighted by Gasteiger charge is 2.14. The van der Waals surface area contributed by atoms with E-state index in [4.69, 9.17) is 4.74 Å². The molecule has 0 aliphatic heterocycles. The molecular formula is C14H14N6O2S2. The number of amides is 1. The molecule has 3 rings (SSSR count). The van der Waals surface area contributed by atoms with E-state index in [0.717, 1.165) is 11.3 Å². The summed E-state index contributed by atoms with van der Waals surface area (Å²) in [6.07, 6.45) is 0. The van der Waals surface area contributed by atoms with Gasteiger partial charge < -0.3 is 9.30 Å². The lowest BCUT2D eigenvalue weighted by Crippen LogP contribution is -2.14. The highest BCUT2D eigenvalue weighted by Crippen LogP contribution is 2.25. The number of rotatable bonds is 6. The van der Waals surface area contributed by atoms with Crippen molar-refractivity contribution in [1.29, 1.82) is 0 Å². The Morgan fingerprint density at radius 1 is 1.38 bits per heavy atom. The Morgan fingerprint density at radius 2 is 2.25 bits per heavy atom. The zero-order chi connectivity index (χ0) is 16.9. The molecule has 0 aliphatic carbocycles. The largest absolute Gasteiger partial charge is 0.497 e. The van der Waals surface area contributed by atoms with Gasteiger partial charge in [-0.25, -0.2) is 0 Å². The van der Waals surface area contributed by atoms with Gasteiger partial charge in [-0.05, 0) is 12.1 Å². The number of methoxy groups -OCH3 is 1. The van der Waals surface area contributed by atoms with E-state index >= 15 is 0 Å². The van der Waals surface area contributed by atoms with E-state index in [1.165, 1.54) is 23.1 Å². The monoisotopic (exact) mass is 362 g/mol. The fraction of sp³-hybridized carbons (Fsp3) is 0.214. The summed E-state index contributed by atoms with van der Waals surface area (Å²) in [7, 11) is 3.48. The average molecular weight is 362 g/mol. The van der Waals surface area contributed by atoms with E-state index in [1.807, 2.05) is 35.9 Å². The lowest BCUT2D eigenvalue weighted by atomic mass is 10.2. The van der Waals surface area contributed by atoms with Crippen LogP contribution < -0.4 is 10.1 Å². The summed E-state index contributed by atoms with van der Waals surface area (Å²) in [5.74, 6) is 1.51. The molecule has 1 aromatic carbocycles. The molecule has 2 aromatic heterocycles. The molecule has 8 nitrogen and oxygen atoms in total. The van der Waals surface area contributed by atoms with Crippen LogP contribution in [0.2, 0.25) is 0 Å². The first-order valence-corrected chi connectivity index (χ1v) is 8.76. The summed E-state index contributed by atoms with van der Waals surface area (Å²) < 4.78 is 7.07. The second-order valence-corrected chi connectivity index (χ2v) is 6.45. The fourth-order valence-corrected chi connectivity index (χ4v) is 3.14. The molecule has 0 saturated carbocycles. The Balaban J connectivity index is 1.67. The van der Waals surface area contributed by atoms with Gasteiger partial charge in [-0.3, -0.25) is 10.1 Å². The van der Waals surface area contributed by atoms with Crippen LogP contribution in [0.3, 0.4) is 0 Å². The third-order valence-corrected chi connectivity index (χ3v) is 4.73. The predicted molar refractivity (Wildman–Crippen MR) is 92.3 cm³/mol. The van der Waals surface area contributed by atoms with Crippen molar-refractivity contribution in [2.75, 3.05) is 18.2 Å². The van der Waals surface area contributed by atoms with Gasteiger partial charge in [0.1, 0.15) is 11.3 Å². The number of aromatic nitrogens is 5. The Morgan fingerprint density at radius 3 is 3.00 bits per heavy atom. The van der Waals surface area contributed by atoms with Crippen molar-refractivity contribution in [3.8, 4) is 17.1 Å². The Kier molecular flexibility index (Phi) is 5.06. The Bertz CT molecular complexity index is 834. The van der Waals surface area contributed by atoms with Crippen LogP contribution in [0.25, 0.3) is 11.4 Å². The number of carbonyl (C=O) groups is 1. The zero-order valence-corrected chi connectivity index (χ0v) is 14.6. The van der Waals surface area contributed by atoms with Crippen LogP contribution in [0.5, 0.6) is 5.75 Å². The van der Waals surface area contributed by atoms with Gasteiger partial charge in [0.2, 0.25) is 11.0 Å². The number of hydrogen-bond donors (Lipinski definition) is 1. The number of thioether (sulfide) groups is 1. The van der Waals surface area contributed by atoms with Crippen LogP contribution in [0.4, 0.5) is 5.13 Å². The molecular weight excluding hydrogens is 348 g/mol. The number of hydrogen-bond acceptors (Lipinski definition) is 8. The average Bonchev–Trinajstić information content (AvgIpc) is 3.23. The molecule has 0 unspecified atom stereocenters. The zero-order valence-electron chi connectivity index (χ0n) is 13.0. The van der Waals surface area contributed by atoms with Crippen molar-refractivity contribution in [3.63, 3.8) is 0 Å². The lowest BCUT2D eigenvalue weighted by molar-refractivity contribution is -0.113. The summed E-state index contributed by atoms with van der Waals surface area (Å²) >= 11 is 2.58. The predicted octanol–water partition coefficient (Wildman–Crippen LogP) is 2.07. The Labute approximate surface area is 146 Å². The first-order valence-electron chi connectivity index (χ1n) is 6.90. The third kappa shape index (κ3) is 3.71. The standard InChI is InChI=1S/C14H14N6O2S2/c1-20-12(9-4-3-5-10(6-9)22-2)17-19-14(20)23-7-11(21)16-13-18-15-8-24-13/h3-6,8H,7H2,1-2H3,(H,16,18,21). The van der Waals surface area contributed by atoms with Crippen LogP contribution >= 0.6 is 23.1 Å². The first-order chi connectivity index (χ1) is 11.7. The first kappa shape index (κ1) is 16.4. The number of ether oxygens (including phenoxy) is 1. The minimum atomic E-state index is -0.164. The van der Waals surface area contributed by atoms with Gasteiger partial charge >= 0.3 is 0 Å². The molecule has 1 N–H and O–H groups in total. The normalized spacial score (nSPS) is 10.6. The minimum absolute atomic E-state index is 0.164. The van der Waals surface area contributed by atoms with E-state index in [2.05, 4.69) is 25.7 Å². The molecule has 0 fully saturated rings. The van der Waals surface area contributed by atoms with Gasteiger partial charge in [0.25, 0.3) is 0 Å². The van der Waals surface area contributed by atoms with Crippen molar-refractivity contribution >= 4 is 34.1 Å². The van der Waals surface area contributed by atoms with Gasteiger partial charge in [0.05, 0.1) is 12.9 Å². The topological polar surface area (TPSA) is 94.8 Å². The number of nitrogens with one attached hydrogen (secondary N) is 1. The van der Waals surface area contributed by atoms with Crippen molar-refractivity contribution in [3.05, 3.63) is 29.8 Å². The van der Waals surface area contributed by atoms with Gasteiger partial charge in [-0.1, -0.05) is 35.2 Å². The highest BCUT2D eigenvalue weighted by molar-refractivity contribution is 7.99.